The number of nitrogens with one attached hydrogen (secondary N) is 1. The lowest BCUT2D eigenvalue weighted by molar-refractivity contribution is 0.0597. The highest BCUT2D eigenvalue weighted by atomic mass is 32.1. The van der Waals surface area contributed by atoms with Crippen LogP contribution in [0.2, 0.25) is 0 Å². The molecule has 0 radical (unpaired) electrons. The quantitative estimate of drug-likeness (QED) is 0.899. The molecule has 1 aliphatic rings. The molecule has 108 valence electrons. The number of hydrogen-bond donors (Lipinski definition) is 1. The molecule has 0 amide bonds. The summed E-state index contributed by atoms with van der Waals surface area (Å²) in [7, 11) is 4.39. The summed E-state index contributed by atoms with van der Waals surface area (Å²) in [5.74, 6) is 0. The Balaban J connectivity index is 1.84. The minimum atomic E-state index is 0.168. The normalized spacial score (nSPS) is 18.6. The molecule has 3 nitrogen and oxygen atoms in total. The molecule has 1 heterocycles. The van der Waals surface area contributed by atoms with Gasteiger partial charge < -0.3 is 10.2 Å². The molecule has 1 fully saturated rings. The maximum absolute atomic E-state index is 4.73. The van der Waals surface area contributed by atoms with E-state index < -0.39 is 0 Å². The Labute approximate surface area is 121 Å². The Hall–Kier alpha value is -0.450. The molecule has 0 bridgehead atoms. The van der Waals surface area contributed by atoms with Crippen LogP contribution in [0.5, 0.6) is 0 Å². The summed E-state index contributed by atoms with van der Waals surface area (Å²) >= 11 is 1.78. The van der Waals surface area contributed by atoms with Crippen LogP contribution in [0.15, 0.2) is 5.38 Å². The van der Waals surface area contributed by atoms with Crippen molar-refractivity contribution in [2.75, 3.05) is 20.6 Å². The van der Waals surface area contributed by atoms with Crippen LogP contribution in [-0.2, 0) is 12.0 Å². The van der Waals surface area contributed by atoms with E-state index in [0.717, 1.165) is 13.1 Å². The Morgan fingerprint density at radius 3 is 2.47 bits per heavy atom. The van der Waals surface area contributed by atoms with E-state index in [-0.39, 0.29) is 5.41 Å². The number of rotatable bonds is 5. The van der Waals surface area contributed by atoms with E-state index in [1.54, 1.807) is 11.3 Å². The van der Waals surface area contributed by atoms with Gasteiger partial charge in [0, 0.05) is 29.4 Å². The van der Waals surface area contributed by atoms with Gasteiger partial charge in [-0.3, -0.25) is 0 Å². The van der Waals surface area contributed by atoms with Crippen molar-refractivity contribution in [3.63, 3.8) is 0 Å². The number of likely N-dealkylation sites (N-methyl/N-ethyl adjacent to an activating group) is 1. The molecule has 19 heavy (non-hydrogen) atoms. The van der Waals surface area contributed by atoms with Gasteiger partial charge in [-0.15, -0.1) is 11.3 Å². The van der Waals surface area contributed by atoms with Crippen LogP contribution >= 0.6 is 11.3 Å². The van der Waals surface area contributed by atoms with Crippen molar-refractivity contribution in [2.45, 2.75) is 57.5 Å². The Kier molecular flexibility index (Phi) is 4.33. The molecule has 0 saturated heterocycles. The number of hydrogen-bond acceptors (Lipinski definition) is 4. The highest BCUT2D eigenvalue weighted by molar-refractivity contribution is 7.09. The largest absolute Gasteiger partial charge is 0.309 e. The third kappa shape index (κ3) is 3.36. The van der Waals surface area contributed by atoms with Crippen molar-refractivity contribution in [2.24, 2.45) is 0 Å². The van der Waals surface area contributed by atoms with Crippen molar-refractivity contribution in [3.05, 3.63) is 16.1 Å². The molecule has 1 aromatic rings. The first-order chi connectivity index (χ1) is 8.83. The molecule has 1 aliphatic carbocycles. The fourth-order valence-electron chi connectivity index (χ4n) is 2.52. The fourth-order valence-corrected chi connectivity index (χ4v) is 3.43. The maximum atomic E-state index is 4.73. The fraction of sp³-hybridized carbons (Fsp3) is 0.800. The van der Waals surface area contributed by atoms with Gasteiger partial charge in [0.1, 0.15) is 0 Å². The lowest BCUT2D eigenvalue weighted by Gasteiger charge is -2.47. The zero-order chi connectivity index (χ0) is 14.1. The van der Waals surface area contributed by atoms with Crippen molar-refractivity contribution in [1.82, 2.24) is 15.2 Å². The summed E-state index contributed by atoms with van der Waals surface area (Å²) < 4.78 is 0. The van der Waals surface area contributed by atoms with Crippen molar-refractivity contribution in [1.29, 1.82) is 0 Å². The van der Waals surface area contributed by atoms with Crippen molar-refractivity contribution < 1.29 is 0 Å². The van der Waals surface area contributed by atoms with Gasteiger partial charge in [0.25, 0.3) is 0 Å². The van der Waals surface area contributed by atoms with Gasteiger partial charge in [0.05, 0.1) is 10.7 Å². The van der Waals surface area contributed by atoms with Crippen LogP contribution in [0.25, 0.3) is 0 Å². The molecule has 2 rings (SSSR count). The molecule has 0 aromatic carbocycles. The average Bonchev–Trinajstić information content (AvgIpc) is 2.69. The molecule has 1 N–H and O–H groups in total. The first-order valence-corrected chi connectivity index (χ1v) is 8.04. The smallest absolute Gasteiger partial charge is 0.0982 e. The summed E-state index contributed by atoms with van der Waals surface area (Å²) in [5.41, 5.74) is 1.74. The maximum Gasteiger partial charge on any atom is 0.0982 e. The van der Waals surface area contributed by atoms with E-state index >= 15 is 0 Å². The zero-order valence-corrected chi connectivity index (χ0v) is 13.7. The van der Waals surface area contributed by atoms with Gasteiger partial charge in [-0.25, -0.2) is 4.98 Å². The van der Waals surface area contributed by atoms with E-state index in [9.17, 15) is 0 Å². The van der Waals surface area contributed by atoms with E-state index in [2.05, 4.69) is 50.5 Å². The topological polar surface area (TPSA) is 28.2 Å². The first-order valence-electron chi connectivity index (χ1n) is 7.17. The molecule has 0 atom stereocenters. The molecular formula is C15H27N3S. The number of nitrogens with zero attached hydrogens (tertiary/aromatic N) is 2. The third-order valence-corrected chi connectivity index (χ3v) is 5.50. The van der Waals surface area contributed by atoms with Gasteiger partial charge in [0.2, 0.25) is 0 Å². The number of aromatic nitrogens is 1. The van der Waals surface area contributed by atoms with Gasteiger partial charge in [0.15, 0.2) is 0 Å². The minimum absolute atomic E-state index is 0.168. The SMILES string of the molecule is CN(C)C1(CNCc2csc(C(C)(C)C)n2)CCC1. The molecule has 1 saturated carbocycles. The molecule has 4 heteroatoms. The Morgan fingerprint density at radius 1 is 1.37 bits per heavy atom. The Morgan fingerprint density at radius 2 is 2.05 bits per heavy atom. The molecule has 0 aliphatic heterocycles. The summed E-state index contributed by atoms with van der Waals surface area (Å²) in [6, 6.07) is 0. The van der Waals surface area contributed by atoms with Gasteiger partial charge in [-0.1, -0.05) is 20.8 Å². The lowest BCUT2D eigenvalue weighted by atomic mass is 9.75. The van der Waals surface area contributed by atoms with Gasteiger partial charge in [-0.05, 0) is 33.4 Å². The second-order valence-corrected chi connectivity index (χ2v) is 7.83. The van der Waals surface area contributed by atoms with E-state index in [0.29, 0.717) is 5.54 Å². The third-order valence-electron chi connectivity index (χ3n) is 4.19. The second kappa shape index (κ2) is 5.51. The van der Waals surface area contributed by atoms with E-state index in [1.807, 2.05) is 0 Å². The highest BCUT2D eigenvalue weighted by Gasteiger charge is 2.38. The average molecular weight is 281 g/mol. The minimum Gasteiger partial charge on any atom is -0.309 e. The molecule has 0 unspecified atom stereocenters. The summed E-state index contributed by atoms with van der Waals surface area (Å²) in [5, 5.41) is 7.02. The van der Waals surface area contributed by atoms with E-state index in [4.69, 9.17) is 4.98 Å². The van der Waals surface area contributed by atoms with Gasteiger partial charge >= 0.3 is 0 Å². The predicted octanol–water partition coefficient (Wildman–Crippen LogP) is 3.01. The Bertz CT molecular complexity index is 413. The number of thiazole rings is 1. The molecular weight excluding hydrogens is 254 g/mol. The van der Waals surface area contributed by atoms with Crippen LogP contribution in [0.3, 0.4) is 0 Å². The zero-order valence-electron chi connectivity index (χ0n) is 12.9. The van der Waals surface area contributed by atoms with Crippen molar-refractivity contribution in [3.8, 4) is 0 Å². The van der Waals surface area contributed by atoms with Crippen LogP contribution in [0.1, 0.15) is 50.7 Å². The summed E-state index contributed by atoms with van der Waals surface area (Å²) in [4.78, 5) is 7.11. The highest BCUT2D eigenvalue weighted by Crippen LogP contribution is 2.35. The van der Waals surface area contributed by atoms with Crippen molar-refractivity contribution >= 4 is 11.3 Å². The second-order valence-electron chi connectivity index (χ2n) is 6.97. The lowest BCUT2D eigenvalue weighted by Crippen LogP contribution is -2.56. The van der Waals surface area contributed by atoms with Crippen LogP contribution in [-0.4, -0.2) is 36.1 Å². The van der Waals surface area contributed by atoms with Gasteiger partial charge in [-0.2, -0.15) is 0 Å². The first kappa shape index (κ1) is 14.9. The van der Waals surface area contributed by atoms with Crippen LogP contribution < -0.4 is 5.32 Å². The molecule has 1 aromatic heterocycles. The summed E-state index contributed by atoms with van der Waals surface area (Å²) in [6.07, 6.45) is 4.00. The summed E-state index contributed by atoms with van der Waals surface area (Å²) in [6.45, 7) is 8.62. The monoisotopic (exact) mass is 281 g/mol. The van der Waals surface area contributed by atoms with Crippen LogP contribution in [0, 0.1) is 0 Å². The van der Waals surface area contributed by atoms with Crippen LogP contribution in [0.4, 0.5) is 0 Å². The standard InChI is InChI=1S/C15H27N3S/c1-14(2,3)13-17-12(10-19-13)9-16-11-15(18(4)5)7-6-8-15/h10,16H,6-9,11H2,1-5H3. The predicted molar refractivity (Wildman–Crippen MR) is 82.8 cm³/mol. The molecule has 0 spiro atoms. The van der Waals surface area contributed by atoms with E-state index in [1.165, 1.54) is 30.0 Å².